The lowest BCUT2D eigenvalue weighted by atomic mass is 10.2. The van der Waals surface area contributed by atoms with Gasteiger partial charge in [0.25, 0.3) is 5.56 Å². The Bertz CT molecular complexity index is 771. The summed E-state index contributed by atoms with van der Waals surface area (Å²) >= 11 is 3.08. The summed E-state index contributed by atoms with van der Waals surface area (Å²) in [6, 6.07) is 0. The van der Waals surface area contributed by atoms with Crippen molar-refractivity contribution in [2.45, 2.75) is 19.4 Å². The molecule has 2 heterocycles. The molecule has 0 aliphatic rings. The molecule has 0 N–H and O–H groups in total. The van der Waals surface area contributed by atoms with Crippen molar-refractivity contribution in [2.24, 2.45) is 14.1 Å². The number of halogens is 1. The molecule has 0 spiro atoms. The van der Waals surface area contributed by atoms with Crippen molar-refractivity contribution < 1.29 is 4.79 Å². The van der Waals surface area contributed by atoms with Crippen LogP contribution in [0.25, 0.3) is 11.2 Å². The van der Waals surface area contributed by atoms with Gasteiger partial charge in [-0.05, 0) is 6.42 Å². The maximum absolute atomic E-state index is 12.3. The summed E-state index contributed by atoms with van der Waals surface area (Å²) in [6.07, 6.45) is 2.30. The topological polar surface area (TPSA) is 78.9 Å². The first-order valence-corrected chi connectivity index (χ1v) is 7.28. The van der Waals surface area contributed by atoms with E-state index in [9.17, 15) is 14.4 Å². The minimum atomic E-state index is -0.410. The molecule has 2 aromatic rings. The van der Waals surface area contributed by atoms with Gasteiger partial charge in [0, 0.05) is 27.1 Å². The Kier molecular flexibility index (Phi) is 4.22. The zero-order valence-electron chi connectivity index (χ0n) is 11.3. The van der Waals surface area contributed by atoms with E-state index in [2.05, 4.69) is 20.9 Å². The fourth-order valence-corrected chi connectivity index (χ4v) is 2.37. The van der Waals surface area contributed by atoms with E-state index in [-0.39, 0.29) is 17.9 Å². The molecule has 2 aromatic heterocycles. The highest BCUT2D eigenvalue weighted by Crippen LogP contribution is 2.03. The Morgan fingerprint density at radius 2 is 2.05 bits per heavy atom. The Balaban J connectivity index is 2.43. The Labute approximate surface area is 123 Å². The second-order valence-corrected chi connectivity index (χ2v) is 5.16. The molecular formula is C12H15BrN4O3. The molecule has 0 radical (unpaired) electrons. The molecule has 20 heavy (non-hydrogen) atoms. The fraction of sp³-hybridized carbons (Fsp3) is 0.500. The first-order chi connectivity index (χ1) is 9.47. The highest BCUT2D eigenvalue weighted by molar-refractivity contribution is 9.09. The molecule has 0 atom stereocenters. The van der Waals surface area contributed by atoms with Crippen LogP contribution in [0.15, 0.2) is 15.9 Å². The van der Waals surface area contributed by atoms with E-state index in [4.69, 9.17) is 0 Å². The van der Waals surface area contributed by atoms with E-state index >= 15 is 0 Å². The number of hydrogen-bond donors (Lipinski definition) is 0. The minimum Gasteiger partial charge on any atom is -0.328 e. The lowest BCUT2D eigenvalue weighted by Gasteiger charge is -2.08. The van der Waals surface area contributed by atoms with Crippen molar-refractivity contribution in [3.63, 3.8) is 0 Å². The second kappa shape index (κ2) is 5.74. The number of alkyl halides is 1. The largest absolute Gasteiger partial charge is 0.332 e. The van der Waals surface area contributed by atoms with Gasteiger partial charge in [0.2, 0.25) is 0 Å². The third-order valence-corrected chi connectivity index (χ3v) is 3.81. The first kappa shape index (κ1) is 14.7. The monoisotopic (exact) mass is 342 g/mol. The maximum atomic E-state index is 12.3. The van der Waals surface area contributed by atoms with Crippen LogP contribution >= 0.6 is 15.9 Å². The van der Waals surface area contributed by atoms with E-state index < -0.39 is 5.69 Å². The van der Waals surface area contributed by atoms with Gasteiger partial charge in [-0.25, -0.2) is 9.78 Å². The summed E-state index contributed by atoms with van der Waals surface area (Å²) in [4.78, 5) is 39.8. The van der Waals surface area contributed by atoms with Crippen LogP contribution in [0.2, 0.25) is 0 Å². The van der Waals surface area contributed by atoms with E-state index in [1.807, 2.05) is 0 Å². The van der Waals surface area contributed by atoms with E-state index in [1.165, 1.54) is 10.9 Å². The van der Waals surface area contributed by atoms with Gasteiger partial charge in [-0.1, -0.05) is 15.9 Å². The Morgan fingerprint density at radius 3 is 2.70 bits per heavy atom. The van der Waals surface area contributed by atoms with E-state index in [1.54, 1.807) is 18.7 Å². The average molecular weight is 343 g/mol. The number of imidazole rings is 1. The predicted molar refractivity (Wildman–Crippen MR) is 78.3 cm³/mol. The predicted octanol–water partition coefficient (Wildman–Crippen LogP) is 0.178. The molecule has 2 rings (SSSR count). The van der Waals surface area contributed by atoms with Crippen LogP contribution in [0.4, 0.5) is 0 Å². The number of carbonyl (C=O) groups excluding carboxylic acids is 1. The fourth-order valence-electron chi connectivity index (χ4n) is 2.09. The SMILES string of the molecule is Cn1cnc2c1c(=O)n(CCCC(=O)CBr)c(=O)n2C. The van der Waals surface area contributed by atoms with Crippen molar-refractivity contribution >= 4 is 32.9 Å². The number of rotatable bonds is 5. The zero-order chi connectivity index (χ0) is 14.9. The third-order valence-electron chi connectivity index (χ3n) is 3.19. The average Bonchev–Trinajstić information content (AvgIpc) is 2.82. The van der Waals surface area contributed by atoms with Gasteiger partial charge in [0.1, 0.15) is 5.78 Å². The smallest absolute Gasteiger partial charge is 0.328 e. The van der Waals surface area contributed by atoms with Crippen LogP contribution in [-0.2, 0) is 25.4 Å². The lowest BCUT2D eigenvalue weighted by Crippen LogP contribution is -2.39. The molecule has 0 aliphatic carbocycles. The molecule has 0 aromatic carbocycles. The van der Waals surface area contributed by atoms with Crippen LogP contribution in [0, 0.1) is 0 Å². The molecule has 0 saturated carbocycles. The molecule has 7 nitrogen and oxygen atoms in total. The quantitative estimate of drug-likeness (QED) is 0.726. The minimum absolute atomic E-state index is 0.0523. The summed E-state index contributed by atoms with van der Waals surface area (Å²) in [7, 11) is 3.29. The number of carbonyl (C=O) groups is 1. The number of aromatic nitrogens is 4. The van der Waals surface area contributed by atoms with Crippen molar-refractivity contribution in [3.8, 4) is 0 Å². The Morgan fingerprint density at radius 1 is 1.35 bits per heavy atom. The van der Waals surface area contributed by atoms with Gasteiger partial charge in [0.05, 0.1) is 11.7 Å². The number of aryl methyl sites for hydroxylation is 2. The Hall–Kier alpha value is -1.70. The van der Waals surface area contributed by atoms with Crippen molar-refractivity contribution in [2.75, 3.05) is 5.33 Å². The lowest BCUT2D eigenvalue weighted by molar-refractivity contribution is -0.116. The molecule has 0 unspecified atom stereocenters. The standard InChI is InChI=1S/C12H15BrN4O3/c1-15-7-14-10-9(15)11(19)17(12(20)16(10)2)5-3-4-8(18)6-13/h7H,3-6H2,1-2H3. The number of fused-ring (bicyclic) bond motifs is 1. The van der Waals surface area contributed by atoms with Crippen LogP contribution in [0.5, 0.6) is 0 Å². The van der Waals surface area contributed by atoms with Gasteiger partial charge in [-0.3, -0.25) is 18.7 Å². The highest BCUT2D eigenvalue weighted by atomic mass is 79.9. The molecule has 0 bridgehead atoms. The van der Waals surface area contributed by atoms with Gasteiger partial charge < -0.3 is 4.57 Å². The molecular weight excluding hydrogens is 328 g/mol. The summed E-state index contributed by atoms with van der Waals surface area (Å²) in [5, 5.41) is 0.292. The molecule has 0 fully saturated rings. The molecule has 108 valence electrons. The van der Waals surface area contributed by atoms with Gasteiger partial charge in [0.15, 0.2) is 11.2 Å². The van der Waals surface area contributed by atoms with Crippen molar-refractivity contribution in [1.29, 1.82) is 0 Å². The van der Waals surface area contributed by atoms with Crippen molar-refractivity contribution in [3.05, 3.63) is 27.2 Å². The number of Topliss-reactive ketones (excluding diaryl/α,β-unsaturated/α-hetero) is 1. The number of ketones is 1. The number of nitrogens with zero attached hydrogens (tertiary/aromatic N) is 4. The van der Waals surface area contributed by atoms with Crippen LogP contribution in [0.1, 0.15) is 12.8 Å². The van der Waals surface area contributed by atoms with Crippen LogP contribution in [0.3, 0.4) is 0 Å². The van der Waals surface area contributed by atoms with Crippen LogP contribution < -0.4 is 11.2 Å². The molecule has 0 amide bonds. The maximum Gasteiger partial charge on any atom is 0.332 e. The molecule has 0 saturated heterocycles. The third kappa shape index (κ3) is 2.47. The normalized spacial score (nSPS) is 11.2. The van der Waals surface area contributed by atoms with Gasteiger partial charge in [-0.15, -0.1) is 0 Å². The van der Waals surface area contributed by atoms with E-state index in [0.29, 0.717) is 29.3 Å². The van der Waals surface area contributed by atoms with E-state index in [0.717, 1.165) is 4.57 Å². The van der Waals surface area contributed by atoms with Gasteiger partial charge >= 0.3 is 5.69 Å². The number of hydrogen-bond acceptors (Lipinski definition) is 4. The summed E-state index contributed by atoms with van der Waals surface area (Å²) < 4.78 is 4.10. The van der Waals surface area contributed by atoms with Crippen molar-refractivity contribution in [1.82, 2.24) is 18.7 Å². The van der Waals surface area contributed by atoms with Crippen LogP contribution in [-0.4, -0.2) is 29.8 Å². The zero-order valence-corrected chi connectivity index (χ0v) is 12.9. The summed E-state index contributed by atoms with van der Waals surface area (Å²) in [6.45, 7) is 0.228. The summed E-state index contributed by atoms with van der Waals surface area (Å²) in [5.41, 5.74) is -0.0175. The second-order valence-electron chi connectivity index (χ2n) is 4.60. The molecule has 8 heteroatoms. The first-order valence-electron chi connectivity index (χ1n) is 6.16. The summed E-state index contributed by atoms with van der Waals surface area (Å²) in [5.74, 6) is 0.0523. The van der Waals surface area contributed by atoms with Gasteiger partial charge in [-0.2, -0.15) is 0 Å². The highest BCUT2D eigenvalue weighted by Gasteiger charge is 2.14. The molecule has 0 aliphatic heterocycles.